The summed E-state index contributed by atoms with van der Waals surface area (Å²) in [6, 6.07) is 0. The van der Waals surface area contributed by atoms with Gasteiger partial charge in [0.2, 0.25) is 0 Å². The van der Waals surface area contributed by atoms with E-state index in [1.165, 1.54) is 10.9 Å². The van der Waals surface area contributed by atoms with Gasteiger partial charge in [0.25, 0.3) is 10.0 Å². The summed E-state index contributed by atoms with van der Waals surface area (Å²) in [4.78, 5) is 0. The first kappa shape index (κ1) is 14.5. The zero-order valence-corrected chi connectivity index (χ0v) is 11.8. The van der Waals surface area contributed by atoms with Gasteiger partial charge in [0, 0.05) is 13.6 Å². The molecule has 0 bridgehead atoms. The number of hydrogen-bond acceptors (Lipinski definition) is 3. The van der Waals surface area contributed by atoms with Gasteiger partial charge in [0.1, 0.15) is 0 Å². The van der Waals surface area contributed by atoms with Crippen LogP contribution in [0.1, 0.15) is 26.7 Å². The van der Waals surface area contributed by atoms with Crippen molar-refractivity contribution >= 4 is 21.6 Å². The molecule has 0 aliphatic carbocycles. The number of aromatic nitrogens is 2. The molecule has 0 aromatic carbocycles. The summed E-state index contributed by atoms with van der Waals surface area (Å²) in [5.74, 6) is 0.344. The van der Waals surface area contributed by atoms with Gasteiger partial charge >= 0.3 is 0 Å². The predicted octanol–water partition coefficient (Wildman–Crippen LogP) is 1.79. The third-order valence-electron chi connectivity index (χ3n) is 2.81. The largest absolute Gasteiger partial charge is 0.259 e. The van der Waals surface area contributed by atoms with Gasteiger partial charge < -0.3 is 0 Å². The first-order chi connectivity index (χ1) is 7.92. The van der Waals surface area contributed by atoms with Gasteiger partial charge in [0.05, 0.1) is 11.2 Å². The molecule has 0 aliphatic heterocycles. The topological polar surface area (TPSA) is 64.0 Å². The minimum atomic E-state index is -3.58. The van der Waals surface area contributed by atoms with Gasteiger partial charge in [-0.25, -0.2) is 13.1 Å². The first-order valence-corrected chi connectivity index (χ1v) is 7.45. The van der Waals surface area contributed by atoms with Crippen molar-refractivity contribution in [1.29, 1.82) is 0 Å². The second kappa shape index (κ2) is 5.84. The number of nitrogens with one attached hydrogen (secondary N) is 1. The number of nitrogens with zero attached hydrogens (tertiary/aromatic N) is 2. The molecule has 1 N–H and O–H groups in total. The van der Waals surface area contributed by atoms with Crippen molar-refractivity contribution in [1.82, 2.24) is 14.5 Å². The normalized spacial score (nSPS) is 12.3. The van der Waals surface area contributed by atoms with E-state index in [-0.39, 0.29) is 10.0 Å². The fraction of sp³-hybridized carbons (Fsp3) is 0.700. The number of rotatable bonds is 6. The zero-order valence-electron chi connectivity index (χ0n) is 10.3. The molecule has 0 saturated carbocycles. The van der Waals surface area contributed by atoms with Gasteiger partial charge in [-0.15, -0.1) is 0 Å². The smallest absolute Gasteiger partial charge is 0.255 e. The van der Waals surface area contributed by atoms with Crippen LogP contribution in [0.15, 0.2) is 11.2 Å². The SMILES string of the molecule is CCC(CC)CNS(=O)(=O)c1c(Cl)cnn1C. The molecule has 0 fully saturated rings. The summed E-state index contributed by atoms with van der Waals surface area (Å²) >= 11 is 5.81. The van der Waals surface area contributed by atoms with Crippen molar-refractivity contribution < 1.29 is 8.42 Å². The fourth-order valence-corrected chi connectivity index (χ4v) is 3.34. The summed E-state index contributed by atoms with van der Waals surface area (Å²) in [7, 11) is -2.02. The standard InChI is InChI=1S/C10H18ClN3O2S/c1-4-8(5-2)6-13-17(15,16)10-9(11)7-12-14(10)3/h7-8,13H,4-6H2,1-3H3. The molecule has 0 radical (unpaired) electrons. The van der Waals surface area contributed by atoms with Crippen molar-refractivity contribution in [3.8, 4) is 0 Å². The second-order valence-corrected chi connectivity index (χ2v) is 6.05. The van der Waals surface area contributed by atoms with Crippen molar-refractivity contribution in [2.75, 3.05) is 6.54 Å². The van der Waals surface area contributed by atoms with Crippen LogP contribution in [0.5, 0.6) is 0 Å². The Kier molecular flexibility index (Phi) is 4.97. The van der Waals surface area contributed by atoms with E-state index in [9.17, 15) is 8.42 Å². The van der Waals surface area contributed by atoms with Crippen LogP contribution in [-0.4, -0.2) is 24.7 Å². The molecule has 7 heteroatoms. The lowest BCUT2D eigenvalue weighted by molar-refractivity contribution is 0.476. The number of halogens is 1. The summed E-state index contributed by atoms with van der Waals surface area (Å²) in [5.41, 5.74) is 0. The van der Waals surface area contributed by atoms with Gasteiger partial charge in [0.15, 0.2) is 5.03 Å². The lowest BCUT2D eigenvalue weighted by Gasteiger charge is -2.13. The van der Waals surface area contributed by atoms with E-state index in [1.54, 1.807) is 7.05 Å². The predicted molar refractivity (Wildman–Crippen MR) is 67.5 cm³/mol. The van der Waals surface area contributed by atoms with Gasteiger partial charge in [-0.05, 0) is 5.92 Å². The van der Waals surface area contributed by atoms with Crippen LogP contribution in [-0.2, 0) is 17.1 Å². The van der Waals surface area contributed by atoms with Crippen molar-refractivity contribution in [2.45, 2.75) is 31.7 Å². The fourth-order valence-electron chi connectivity index (χ4n) is 1.58. The van der Waals surface area contributed by atoms with Crippen LogP contribution in [0, 0.1) is 5.92 Å². The lowest BCUT2D eigenvalue weighted by Crippen LogP contribution is -2.30. The van der Waals surface area contributed by atoms with Crippen LogP contribution < -0.4 is 4.72 Å². The summed E-state index contributed by atoms with van der Waals surface area (Å²) < 4.78 is 27.9. The highest BCUT2D eigenvalue weighted by Crippen LogP contribution is 2.19. The number of aryl methyl sites for hydroxylation is 1. The molecule has 1 rings (SSSR count). The van der Waals surface area contributed by atoms with Crippen LogP contribution in [0.4, 0.5) is 0 Å². The molecule has 0 amide bonds. The molecule has 0 aliphatic rings. The highest BCUT2D eigenvalue weighted by molar-refractivity contribution is 7.89. The Morgan fingerprint density at radius 2 is 2.06 bits per heavy atom. The Balaban J connectivity index is 2.83. The molecule has 0 atom stereocenters. The zero-order chi connectivity index (χ0) is 13.1. The van der Waals surface area contributed by atoms with Crippen LogP contribution in [0.25, 0.3) is 0 Å². The lowest BCUT2D eigenvalue weighted by atomic mass is 10.0. The second-order valence-electron chi connectivity index (χ2n) is 3.96. The molecule has 0 unspecified atom stereocenters. The van der Waals surface area contributed by atoms with Crippen molar-refractivity contribution in [3.63, 3.8) is 0 Å². The van der Waals surface area contributed by atoms with E-state index in [1.807, 2.05) is 13.8 Å². The number of sulfonamides is 1. The molecule has 0 saturated heterocycles. The Labute approximate surface area is 107 Å². The Morgan fingerprint density at radius 1 is 1.47 bits per heavy atom. The van der Waals surface area contributed by atoms with Crippen LogP contribution in [0.2, 0.25) is 5.02 Å². The molecule has 5 nitrogen and oxygen atoms in total. The van der Waals surface area contributed by atoms with Gasteiger partial charge in [-0.3, -0.25) is 4.68 Å². The molecule has 1 heterocycles. The van der Waals surface area contributed by atoms with Gasteiger partial charge in [-0.1, -0.05) is 38.3 Å². The Bertz CT molecular complexity index is 446. The summed E-state index contributed by atoms with van der Waals surface area (Å²) in [6.07, 6.45) is 3.21. The van der Waals surface area contributed by atoms with E-state index in [0.29, 0.717) is 12.5 Å². The third-order valence-corrected chi connectivity index (χ3v) is 4.74. The molecule has 17 heavy (non-hydrogen) atoms. The summed E-state index contributed by atoms with van der Waals surface area (Å²) in [5, 5.41) is 3.98. The highest BCUT2D eigenvalue weighted by atomic mass is 35.5. The average molecular weight is 280 g/mol. The molecule has 1 aromatic heterocycles. The van der Waals surface area contributed by atoms with Crippen LogP contribution in [0.3, 0.4) is 0 Å². The van der Waals surface area contributed by atoms with E-state index < -0.39 is 10.0 Å². The van der Waals surface area contributed by atoms with E-state index >= 15 is 0 Å². The Morgan fingerprint density at radius 3 is 2.47 bits per heavy atom. The highest BCUT2D eigenvalue weighted by Gasteiger charge is 2.23. The first-order valence-electron chi connectivity index (χ1n) is 5.59. The number of hydrogen-bond donors (Lipinski definition) is 1. The molecule has 1 aromatic rings. The summed E-state index contributed by atoms with van der Waals surface area (Å²) in [6.45, 7) is 4.51. The van der Waals surface area contributed by atoms with E-state index in [2.05, 4.69) is 9.82 Å². The maximum Gasteiger partial charge on any atom is 0.259 e. The Hall–Kier alpha value is -0.590. The van der Waals surface area contributed by atoms with Crippen molar-refractivity contribution in [3.05, 3.63) is 11.2 Å². The average Bonchev–Trinajstić information content (AvgIpc) is 2.60. The third kappa shape index (κ3) is 3.43. The molecular weight excluding hydrogens is 262 g/mol. The van der Waals surface area contributed by atoms with E-state index in [0.717, 1.165) is 12.8 Å². The minimum absolute atomic E-state index is 0.0186. The van der Waals surface area contributed by atoms with E-state index in [4.69, 9.17) is 11.6 Å². The quantitative estimate of drug-likeness (QED) is 0.863. The van der Waals surface area contributed by atoms with Crippen LogP contribution >= 0.6 is 11.6 Å². The molecular formula is C10H18ClN3O2S. The van der Waals surface area contributed by atoms with Crippen molar-refractivity contribution in [2.24, 2.45) is 13.0 Å². The monoisotopic (exact) mass is 279 g/mol. The minimum Gasteiger partial charge on any atom is -0.255 e. The maximum atomic E-state index is 12.0. The molecule has 98 valence electrons. The maximum absolute atomic E-state index is 12.0. The molecule has 0 spiro atoms. The van der Waals surface area contributed by atoms with Gasteiger partial charge in [-0.2, -0.15) is 5.10 Å².